The van der Waals surface area contributed by atoms with Gasteiger partial charge >= 0.3 is 0 Å². The predicted octanol–water partition coefficient (Wildman–Crippen LogP) is 3.83. The first kappa shape index (κ1) is 21.7. The van der Waals surface area contributed by atoms with Gasteiger partial charge in [-0.1, -0.05) is 32.0 Å². The van der Waals surface area contributed by atoms with Gasteiger partial charge in [0.2, 0.25) is 5.89 Å². The topological polar surface area (TPSA) is 71.7 Å². The fourth-order valence-electron chi connectivity index (χ4n) is 3.36. The Morgan fingerprint density at radius 2 is 2.00 bits per heavy atom. The number of methoxy groups -OCH3 is 1. The summed E-state index contributed by atoms with van der Waals surface area (Å²) in [5.74, 6) is 1.38. The number of hydrogen-bond acceptors (Lipinski definition) is 4. The van der Waals surface area contributed by atoms with Crippen LogP contribution in [0.4, 0.5) is 0 Å². The van der Waals surface area contributed by atoms with E-state index in [1.54, 1.807) is 20.4 Å². The number of benzene rings is 1. The minimum Gasteiger partial charge on any atom is -0.444 e. The van der Waals surface area contributed by atoms with E-state index >= 15 is 0 Å². The lowest BCUT2D eigenvalue weighted by atomic mass is 9.56. The van der Waals surface area contributed by atoms with Gasteiger partial charge in [-0.25, -0.2) is 4.98 Å². The quantitative estimate of drug-likeness (QED) is 0.384. The number of halogens is 1. The van der Waals surface area contributed by atoms with Crippen LogP contribution in [0.15, 0.2) is 46.0 Å². The Hall–Kier alpha value is -1.61. The van der Waals surface area contributed by atoms with Gasteiger partial charge in [-0.05, 0) is 25.5 Å². The summed E-state index contributed by atoms with van der Waals surface area (Å²) in [6.45, 7) is 7.13. The van der Waals surface area contributed by atoms with Gasteiger partial charge in [0.1, 0.15) is 6.26 Å². The van der Waals surface area contributed by atoms with Crippen molar-refractivity contribution in [3.63, 3.8) is 0 Å². The first-order valence-electron chi connectivity index (χ1n) is 8.92. The van der Waals surface area contributed by atoms with Crippen LogP contribution in [0.5, 0.6) is 0 Å². The van der Waals surface area contributed by atoms with Gasteiger partial charge in [0.15, 0.2) is 5.96 Å². The Bertz CT molecular complexity index is 775. The zero-order valence-electron chi connectivity index (χ0n) is 16.6. The van der Waals surface area contributed by atoms with Crippen molar-refractivity contribution in [2.45, 2.75) is 45.4 Å². The van der Waals surface area contributed by atoms with Gasteiger partial charge in [-0.2, -0.15) is 0 Å². The normalized spacial score (nSPS) is 23.9. The van der Waals surface area contributed by atoms with Crippen LogP contribution in [0.25, 0.3) is 11.5 Å². The molecule has 2 atom stereocenters. The molecule has 6 nitrogen and oxygen atoms in total. The van der Waals surface area contributed by atoms with Gasteiger partial charge < -0.3 is 19.8 Å². The third kappa shape index (κ3) is 4.29. The van der Waals surface area contributed by atoms with Crippen molar-refractivity contribution in [1.82, 2.24) is 15.6 Å². The second-order valence-electron chi connectivity index (χ2n) is 7.49. The number of ether oxygens (including phenoxy) is 1. The molecule has 0 amide bonds. The standard InChI is InChI=1S/C20H28N4O2.HI/c1-19(2)16(11-20(19,3)25-5)24-18(21-4)22-12-15-13-26-17(23-15)14-9-7-6-8-10-14;/h6-10,13,16H,11-12H2,1-5H3,(H2,21,22,24);1H. The van der Waals surface area contributed by atoms with Crippen LogP contribution in [-0.4, -0.2) is 36.7 Å². The molecule has 1 fully saturated rings. The van der Waals surface area contributed by atoms with Gasteiger partial charge in [-0.15, -0.1) is 24.0 Å². The molecule has 1 aromatic carbocycles. The summed E-state index contributed by atoms with van der Waals surface area (Å²) in [4.78, 5) is 8.86. The molecule has 27 heavy (non-hydrogen) atoms. The van der Waals surface area contributed by atoms with Gasteiger partial charge in [-0.3, -0.25) is 4.99 Å². The maximum atomic E-state index is 5.69. The number of aromatic nitrogens is 1. The molecule has 2 N–H and O–H groups in total. The molecule has 1 aliphatic carbocycles. The smallest absolute Gasteiger partial charge is 0.226 e. The average Bonchev–Trinajstić information content (AvgIpc) is 3.13. The van der Waals surface area contributed by atoms with Crippen molar-refractivity contribution in [3.8, 4) is 11.5 Å². The van der Waals surface area contributed by atoms with Crippen molar-refractivity contribution in [1.29, 1.82) is 0 Å². The van der Waals surface area contributed by atoms with E-state index < -0.39 is 0 Å². The highest BCUT2D eigenvalue weighted by Crippen LogP contribution is 2.51. The molecule has 7 heteroatoms. The largest absolute Gasteiger partial charge is 0.444 e. The van der Waals surface area contributed by atoms with E-state index in [2.05, 4.69) is 41.4 Å². The lowest BCUT2D eigenvalue weighted by molar-refractivity contribution is -0.176. The summed E-state index contributed by atoms with van der Waals surface area (Å²) in [7, 11) is 3.55. The minimum atomic E-state index is -0.111. The van der Waals surface area contributed by atoms with Crippen LogP contribution in [0.1, 0.15) is 32.9 Å². The zero-order valence-corrected chi connectivity index (χ0v) is 18.9. The zero-order chi connectivity index (χ0) is 18.8. The van der Waals surface area contributed by atoms with Crippen LogP contribution in [0, 0.1) is 5.41 Å². The van der Waals surface area contributed by atoms with Gasteiger partial charge in [0.05, 0.1) is 17.8 Å². The third-order valence-corrected chi connectivity index (χ3v) is 5.82. The number of nitrogens with one attached hydrogen (secondary N) is 2. The molecule has 3 rings (SSSR count). The highest BCUT2D eigenvalue weighted by molar-refractivity contribution is 14.0. The predicted molar refractivity (Wildman–Crippen MR) is 118 cm³/mol. The fourth-order valence-corrected chi connectivity index (χ4v) is 3.36. The van der Waals surface area contributed by atoms with E-state index in [0.717, 1.165) is 23.6 Å². The molecule has 2 aromatic rings. The molecule has 0 bridgehead atoms. The van der Waals surface area contributed by atoms with E-state index in [1.165, 1.54) is 0 Å². The second-order valence-corrected chi connectivity index (χ2v) is 7.49. The summed E-state index contributed by atoms with van der Waals surface area (Å²) in [5, 5.41) is 6.80. The van der Waals surface area contributed by atoms with E-state index in [9.17, 15) is 0 Å². The molecular formula is C20H29IN4O2. The number of nitrogens with zero attached hydrogens (tertiary/aromatic N) is 2. The Morgan fingerprint density at radius 3 is 2.59 bits per heavy atom. The highest BCUT2D eigenvalue weighted by atomic mass is 127. The van der Waals surface area contributed by atoms with Crippen LogP contribution in [0.2, 0.25) is 0 Å². The Balaban J connectivity index is 0.00000261. The van der Waals surface area contributed by atoms with Crippen LogP contribution in [0.3, 0.4) is 0 Å². The van der Waals surface area contributed by atoms with Crippen LogP contribution in [-0.2, 0) is 11.3 Å². The SMILES string of the molecule is CN=C(NCc1coc(-c2ccccc2)n1)NC1CC(C)(OC)C1(C)C.I. The number of aliphatic imine (C=N–C) groups is 1. The van der Waals surface area contributed by atoms with Crippen molar-refractivity contribution >= 4 is 29.9 Å². The van der Waals surface area contributed by atoms with E-state index in [1.807, 2.05) is 30.3 Å². The van der Waals surface area contributed by atoms with Gasteiger partial charge in [0.25, 0.3) is 0 Å². The molecule has 1 aromatic heterocycles. The van der Waals surface area contributed by atoms with E-state index in [0.29, 0.717) is 18.5 Å². The summed E-state index contributed by atoms with van der Waals surface area (Å²) < 4.78 is 11.3. The number of rotatable bonds is 5. The van der Waals surface area contributed by atoms with Crippen molar-refractivity contribution in [2.24, 2.45) is 10.4 Å². The molecule has 0 radical (unpaired) electrons. The molecule has 0 spiro atoms. The summed E-state index contributed by atoms with van der Waals surface area (Å²) in [6, 6.07) is 10.2. The first-order valence-corrected chi connectivity index (χ1v) is 8.92. The van der Waals surface area contributed by atoms with Crippen molar-refractivity contribution < 1.29 is 9.15 Å². The minimum absolute atomic E-state index is 0. The highest BCUT2D eigenvalue weighted by Gasteiger charge is 2.58. The average molecular weight is 484 g/mol. The first-order chi connectivity index (χ1) is 12.4. The molecule has 1 heterocycles. The van der Waals surface area contributed by atoms with Gasteiger partial charge in [0, 0.05) is 31.2 Å². The number of hydrogen-bond donors (Lipinski definition) is 2. The molecular weight excluding hydrogens is 455 g/mol. The monoisotopic (exact) mass is 484 g/mol. The summed E-state index contributed by atoms with van der Waals surface area (Å²) in [5.41, 5.74) is 1.71. The van der Waals surface area contributed by atoms with Crippen LogP contribution >= 0.6 is 24.0 Å². The number of guanidine groups is 1. The maximum absolute atomic E-state index is 5.69. The third-order valence-electron chi connectivity index (χ3n) is 5.82. The van der Waals surface area contributed by atoms with Crippen molar-refractivity contribution in [3.05, 3.63) is 42.3 Å². The summed E-state index contributed by atoms with van der Waals surface area (Å²) in [6.07, 6.45) is 2.62. The molecule has 2 unspecified atom stereocenters. The number of oxazole rings is 1. The lowest BCUT2D eigenvalue weighted by Gasteiger charge is -2.59. The fraction of sp³-hybridized carbons (Fsp3) is 0.500. The molecule has 1 aliphatic rings. The van der Waals surface area contributed by atoms with Crippen molar-refractivity contribution in [2.75, 3.05) is 14.2 Å². The Kier molecular flexibility index (Phi) is 6.91. The van der Waals surface area contributed by atoms with E-state index in [4.69, 9.17) is 9.15 Å². The lowest BCUT2D eigenvalue weighted by Crippen LogP contribution is -2.69. The van der Waals surface area contributed by atoms with E-state index in [-0.39, 0.29) is 35.0 Å². The molecule has 1 saturated carbocycles. The Labute approximate surface area is 178 Å². The molecule has 148 valence electrons. The molecule has 0 saturated heterocycles. The van der Waals surface area contributed by atoms with Crippen LogP contribution < -0.4 is 10.6 Å². The summed E-state index contributed by atoms with van der Waals surface area (Å²) >= 11 is 0. The maximum Gasteiger partial charge on any atom is 0.226 e. The Morgan fingerprint density at radius 1 is 1.30 bits per heavy atom. The second kappa shape index (κ2) is 8.60. The molecule has 0 aliphatic heterocycles.